The van der Waals surface area contributed by atoms with Crippen molar-refractivity contribution < 1.29 is 32.5 Å². The number of carbonyl (C=O) groups excluding carboxylic acids is 1. The van der Waals surface area contributed by atoms with Gasteiger partial charge in [0.2, 0.25) is 0 Å². The number of hydrogen-bond donors (Lipinski definition) is 1. The second kappa shape index (κ2) is 13.8. The summed E-state index contributed by atoms with van der Waals surface area (Å²) in [6.07, 6.45) is -1.25. The lowest BCUT2D eigenvalue weighted by Crippen LogP contribution is -2.56. The molecule has 0 amide bonds. The first-order chi connectivity index (χ1) is 20.0. The lowest BCUT2D eigenvalue weighted by Gasteiger charge is -2.40. The summed E-state index contributed by atoms with van der Waals surface area (Å²) in [5.74, 6) is -0.280. The van der Waals surface area contributed by atoms with E-state index in [9.17, 15) is 23.1 Å². The minimum absolute atomic E-state index is 0.201. The molecule has 0 bridgehead atoms. The SMILES string of the molecule is CCOCCOC(=O)C1CN(Cc2ccncc2)CCN1Cc1ccc(-c2ccc(C(C)(O)C(F)(F)F)cc2)c(C)c1. The molecule has 3 aromatic rings. The van der Waals surface area contributed by atoms with Gasteiger partial charge in [-0.25, -0.2) is 0 Å². The molecular formula is C32H38F3N3O4. The van der Waals surface area contributed by atoms with Crippen LogP contribution in [0.15, 0.2) is 67.0 Å². The topological polar surface area (TPSA) is 75.1 Å². The number of alkyl halides is 3. The quantitative estimate of drug-likeness (QED) is 0.248. The van der Waals surface area contributed by atoms with Crippen molar-refractivity contribution in [2.45, 2.75) is 51.7 Å². The number of nitrogens with zero attached hydrogens (tertiary/aromatic N) is 3. The Kier molecular flexibility index (Phi) is 10.4. The van der Waals surface area contributed by atoms with E-state index in [0.29, 0.717) is 39.4 Å². The maximum atomic E-state index is 13.2. The fourth-order valence-corrected chi connectivity index (χ4v) is 5.14. The highest BCUT2D eigenvalue weighted by molar-refractivity contribution is 5.76. The van der Waals surface area contributed by atoms with Crippen molar-refractivity contribution in [1.29, 1.82) is 0 Å². The first-order valence-electron chi connectivity index (χ1n) is 14.1. The standard InChI is InChI=1S/C32H38F3N3O4/c1-4-41-17-18-42-30(39)29-22-37(20-24-11-13-36-14-12-24)15-16-38(29)21-25-5-10-28(23(2)19-25)26-6-8-27(9-7-26)31(3,40)32(33,34)35/h5-14,19,29,40H,4,15-18,20-22H2,1-3H3. The fraction of sp³-hybridized carbons (Fsp3) is 0.438. The van der Waals surface area contributed by atoms with Crippen LogP contribution in [0.1, 0.15) is 36.1 Å². The first kappa shape index (κ1) is 31.6. The zero-order valence-corrected chi connectivity index (χ0v) is 24.2. The summed E-state index contributed by atoms with van der Waals surface area (Å²) >= 11 is 0. The molecule has 226 valence electrons. The third-order valence-electron chi connectivity index (χ3n) is 7.67. The Morgan fingerprint density at radius 2 is 1.71 bits per heavy atom. The summed E-state index contributed by atoms with van der Waals surface area (Å²) in [4.78, 5) is 21.6. The molecule has 10 heteroatoms. The molecule has 42 heavy (non-hydrogen) atoms. The number of ether oxygens (including phenoxy) is 2. The Labute approximate surface area is 244 Å². The van der Waals surface area contributed by atoms with Gasteiger partial charge in [-0.3, -0.25) is 19.6 Å². The number of aromatic nitrogens is 1. The Morgan fingerprint density at radius 1 is 1.00 bits per heavy atom. The lowest BCUT2D eigenvalue weighted by atomic mass is 9.92. The Balaban J connectivity index is 1.47. The van der Waals surface area contributed by atoms with Crippen molar-refractivity contribution in [3.8, 4) is 11.1 Å². The zero-order chi connectivity index (χ0) is 30.3. The van der Waals surface area contributed by atoms with Gasteiger partial charge in [-0.05, 0) is 66.3 Å². The van der Waals surface area contributed by atoms with Gasteiger partial charge in [-0.15, -0.1) is 0 Å². The van der Waals surface area contributed by atoms with E-state index in [2.05, 4.69) is 14.8 Å². The summed E-state index contributed by atoms with van der Waals surface area (Å²) in [6.45, 7) is 8.95. The molecule has 2 heterocycles. The Bertz CT molecular complexity index is 1320. The molecule has 7 nitrogen and oxygen atoms in total. The summed E-state index contributed by atoms with van der Waals surface area (Å²) < 4.78 is 50.6. The molecule has 2 aromatic carbocycles. The van der Waals surface area contributed by atoms with E-state index < -0.39 is 17.8 Å². The maximum absolute atomic E-state index is 13.2. The molecule has 0 saturated carbocycles. The molecule has 2 atom stereocenters. The highest BCUT2D eigenvalue weighted by Crippen LogP contribution is 2.39. The average molecular weight is 586 g/mol. The molecule has 1 saturated heterocycles. The van der Waals surface area contributed by atoms with Crippen LogP contribution in [0.3, 0.4) is 0 Å². The summed E-state index contributed by atoms with van der Waals surface area (Å²) in [7, 11) is 0. The number of benzene rings is 2. The zero-order valence-electron chi connectivity index (χ0n) is 24.2. The molecule has 4 rings (SSSR count). The summed E-state index contributed by atoms with van der Waals surface area (Å²) in [5, 5.41) is 9.98. The normalized spacial score (nSPS) is 18.0. The van der Waals surface area contributed by atoms with Crippen molar-refractivity contribution in [3.05, 3.63) is 89.2 Å². The monoisotopic (exact) mass is 585 g/mol. The van der Waals surface area contributed by atoms with Crippen LogP contribution in [0.5, 0.6) is 0 Å². The number of carbonyl (C=O) groups is 1. The second-order valence-electron chi connectivity index (χ2n) is 10.7. The van der Waals surface area contributed by atoms with Gasteiger partial charge in [0, 0.05) is 51.7 Å². The third-order valence-corrected chi connectivity index (χ3v) is 7.67. The van der Waals surface area contributed by atoms with Gasteiger partial charge in [-0.1, -0.05) is 42.5 Å². The highest BCUT2D eigenvalue weighted by Gasteiger charge is 2.51. The highest BCUT2D eigenvalue weighted by atomic mass is 19.4. The number of halogens is 3. The molecule has 0 aliphatic carbocycles. The van der Waals surface area contributed by atoms with E-state index >= 15 is 0 Å². The van der Waals surface area contributed by atoms with E-state index in [1.54, 1.807) is 24.5 Å². The van der Waals surface area contributed by atoms with E-state index in [1.807, 2.05) is 44.2 Å². The molecule has 2 unspecified atom stereocenters. The number of pyridine rings is 1. The third kappa shape index (κ3) is 7.74. The van der Waals surface area contributed by atoms with Crippen LogP contribution in [0, 0.1) is 6.92 Å². The number of hydrogen-bond acceptors (Lipinski definition) is 7. The molecule has 1 aliphatic rings. The van der Waals surface area contributed by atoms with Gasteiger partial charge < -0.3 is 14.6 Å². The van der Waals surface area contributed by atoms with Gasteiger partial charge in [-0.2, -0.15) is 13.2 Å². The van der Waals surface area contributed by atoms with E-state index in [-0.39, 0.29) is 18.1 Å². The van der Waals surface area contributed by atoms with Gasteiger partial charge in [0.25, 0.3) is 0 Å². The molecule has 1 aromatic heterocycles. The first-order valence-corrected chi connectivity index (χ1v) is 14.1. The van der Waals surface area contributed by atoms with Gasteiger partial charge in [0.05, 0.1) is 6.61 Å². The number of esters is 1. The summed E-state index contributed by atoms with van der Waals surface area (Å²) in [5.41, 5.74) is 1.59. The number of piperazine rings is 1. The Hall–Kier alpha value is -3.31. The fourth-order valence-electron chi connectivity index (χ4n) is 5.14. The van der Waals surface area contributed by atoms with Gasteiger partial charge in [0.1, 0.15) is 12.6 Å². The van der Waals surface area contributed by atoms with Crippen LogP contribution in [-0.2, 0) is 33.0 Å². The van der Waals surface area contributed by atoms with Crippen LogP contribution in [0.4, 0.5) is 13.2 Å². The van der Waals surface area contributed by atoms with Crippen molar-refractivity contribution in [1.82, 2.24) is 14.8 Å². The molecule has 1 N–H and O–H groups in total. The van der Waals surface area contributed by atoms with E-state index in [0.717, 1.165) is 41.3 Å². The number of aliphatic hydroxyl groups is 1. The van der Waals surface area contributed by atoms with Gasteiger partial charge >= 0.3 is 12.1 Å². The molecule has 0 spiro atoms. The maximum Gasteiger partial charge on any atom is 0.421 e. The lowest BCUT2D eigenvalue weighted by molar-refractivity contribution is -0.258. The molecule has 1 fully saturated rings. The second-order valence-corrected chi connectivity index (χ2v) is 10.7. The minimum atomic E-state index is -4.77. The average Bonchev–Trinajstić information content (AvgIpc) is 2.96. The van der Waals surface area contributed by atoms with Crippen molar-refractivity contribution in [2.75, 3.05) is 39.5 Å². The number of aryl methyl sites for hydroxylation is 1. The van der Waals surface area contributed by atoms with Crippen molar-refractivity contribution in [3.63, 3.8) is 0 Å². The molecular weight excluding hydrogens is 547 g/mol. The Morgan fingerprint density at radius 3 is 2.36 bits per heavy atom. The van der Waals surface area contributed by atoms with E-state index in [4.69, 9.17) is 9.47 Å². The predicted octanol–water partition coefficient (Wildman–Crippen LogP) is 5.09. The van der Waals surface area contributed by atoms with Crippen LogP contribution >= 0.6 is 0 Å². The van der Waals surface area contributed by atoms with Crippen LogP contribution in [0.2, 0.25) is 0 Å². The minimum Gasteiger partial charge on any atom is -0.462 e. The molecule has 0 radical (unpaired) electrons. The van der Waals surface area contributed by atoms with Crippen LogP contribution in [-0.4, -0.2) is 77.5 Å². The van der Waals surface area contributed by atoms with Crippen molar-refractivity contribution >= 4 is 5.97 Å². The van der Waals surface area contributed by atoms with Crippen LogP contribution < -0.4 is 0 Å². The number of rotatable bonds is 11. The van der Waals surface area contributed by atoms with E-state index in [1.165, 1.54) is 12.1 Å². The summed E-state index contributed by atoms with van der Waals surface area (Å²) in [6, 6.07) is 15.2. The smallest absolute Gasteiger partial charge is 0.421 e. The largest absolute Gasteiger partial charge is 0.462 e. The van der Waals surface area contributed by atoms with Gasteiger partial charge in [0.15, 0.2) is 5.60 Å². The van der Waals surface area contributed by atoms with Crippen LogP contribution in [0.25, 0.3) is 11.1 Å². The predicted molar refractivity (Wildman–Crippen MR) is 153 cm³/mol. The molecule has 1 aliphatic heterocycles. The van der Waals surface area contributed by atoms with Crippen molar-refractivity contribution in [2.24, 2.45) is 0 Å².